The van der Waals surface area contributed by atoms with E-state index in [9.17, 15) is 9.90 Å². The molecule has 1 aromatic heterocycles. The van der Waals surface area contributed by atoms with E-state index in [2.05, 4.69) is 11.9 Å². The molecule has 116 valence electrons. The van der Waals surface area contributed by atoms with Crippen LogP contribution in [-0.4, -0.2) is 22.2 Å². The van der Waals surface area contributed by atoms with E-state index in [1.807, 2.05) is 13.8 Å². The highest BCUT2D eigenvalue weighted by atomic mass is 16.5. The van der Waals surface area contributed by atoms with E-state index in [1.165, 1.54) is 19.3 Å². The quantitative estimate of drug-likeness (QED) is 0.881. The first-order valence-corrected chi connectivity index (χ1v) is 7.93. The Kier molecular flexibility index (Phi) is 5.21. The second kappa shape index (κ2) is 6.92. The number of rotatable bonds is 5. The number of carbonyl (C=O) groups is 1. The first-order valence-electron chi connectivity index (χ1n) is 7.93. The highest BCUT2D eigenvalue weighted by Crippen LogP contribution is 2.30. The maximum Gasteiger partial charge on any atom is 0.335 e. The van der Waals surface area contributed by atoms with Gasteiger partial charge in [-0.1, -0.05) is 27.2 Å². The Balaban J connectivity index is 2.23. The van der Waals surface area contributed by atoms with Crippen LogP contribution < -0.4 is 4.74 Å². The molecule has 2 unspecified atom stereocenters. The molecule has 1 fully saturated rings. The highest BCUT2D eigenvalue weighted by molar-refractivity contribution is 5.88. The van der Waals surface area contributed by atoms with E-state index in [0.717, 1.165) is 18.5 Å². The van der Waals surface area contributed by atoms with E-state index < -0.39 is 5.97 Å². The number of aromatic carboxylic acids is 1. The SMILES string of the molecule is CCC1CCCCC1Oc1cc(C(=O)O)cc(C(C)C)n1. The number of hydrogen-bond acceptors (Lipinski definition) is 3. The lowest BCUT2D eigenvalue weighted by Crippen LogP contribution is -2.30. The Labute approximate surface area is 126 Å². The fourth-order valence-electron chi connectivity index (χ4n) is 2.96. The van der Waals surface area contributed by atoms with Gasteiger partial charge in [0, 0.05) is 11.8 Å². The standard InChI is InChI=1S/C17H25NO3/c1-4-12-7-5-6-8-15(12)21-16-10-13(17(19)20)9-14(18-16)11(2)3/h9-12,15H,4-8H2,1-3H3,(H,19,20). The van der Waals surface area contributed by atoms with Crippen LogP contribution in [0.1, 0.15) is 74.8 Å². The third-order valence-corrected chi connectivity index (χ3v) is 4.30. The molecule has 4 nitrogen and oxygen atoms in total. The Morgan fingerprint density at radius 1 is 1.38 bits per heavy atom. The summed E-state index contributed by atoms with van der Waals surface area (Å²) in [5.74, 6) is 0.264. The molecule has 1 aliphatic carbocycles. The third-order valence-electron chi connectivity index (χ3n) is 4.30. The Hall–Kier alpha value is -1.58. The zero-order valence-corrected chi connectivity index (χ0v) is 13.1. The summed E-state index contributed by atoms with van der Waals surface area (Å²) in [6.07, 6.45) is 5.93. The summed E-state index contributed by atoms with van der Waals surface area (Å²) in [6.45, 7) is 6.20. The first-order chi connectivity index (χ1) is 10.0. The fraction of sp³-hybridized carbons (Fsp3) is 0.647. The molecule has 0 aromatic carbocycles. The molecule has 1 aromatic rings. The fourth-order valence-corrected chi connectivity index (χ4v) is 2.96. The van der Waals surface area contributed by atoms with Crippen molar-refractivity contribution in [2.24, 2.45) is 5.92 Å². The lowest BCUT2D eigenvalue weighted by molar-refractivity contribution is 0.0690. The minimum Gasteiger partial charge on any atom is -0.478 e. The number of pyridine rings is 1. The highest BCUT2D eigenvalue weighted by Gasteiger charge is 2.26. The number of aromatic nitrogens is 1. The number of hydrogen-bond donors (Lipinski definition) is 1. The van der Waals surface area contributed by atoms with Crippen molar-refractivity contribution in [2.45, 2.75) is 64.9 Å². The number of nitrogens with zero attached hydrogens (tertiary/aromatic N) is 1. The predicted octanol–water partition coefficient (Wildman–Crippen LogP) is 4.25. The summed E-state index contributed by atoms with van der Waals surface area (Å²) in [4.78, 5) is 15.7. The second-order valence-electron chi connectivity index (χ2n) is 6.19. The second-order valence-corrected chi connectivity index (χ2v) is 6.19. The molecule has 0 spiro atoms. The van der Waals surface area contributed by atoms with E-state index in [0.29, 0.717) is 11.8 Å². The average Bonchev–Trinajstić information content (AvgIpc) is 2.47. The molecule has 0 radical (unpaired) electrons. The van der Waals surface area contributed by atoms with Gasteiger partial charge in [-0.05, 0) is 43.6 Å². The summed E-state index contributed by atoms with van der Waals surface area (Å²) >= 11 is 0. The lowest BCUT2D eigenvalue weighted by Gasteiger charge is -2.31. The van der Waals surface area contributed by atoms with Crippen molar-refractivity contribution in [3.63, 3.8) is 0 Å². The molecule has 2 rings (SSSR count). The van der Waals surface area contributed by atoms with Crippen LogP contribution in [0.3, 0.4) is 0 Å². The molecule has 0 amide bonds. The van der Waals surface area contributed by atoms with Crippen molar-refractivity contribution in [1.82, 2.24) is 4.98 Å². The van der Waals surface area contributed by atoms with Gasteiger partial charge in [0.15, 0.2) is 0 Å². The van der Waals surface area contributed by atoms with Gasteiger partial charge in [-0.25, -0.2) is 9.78 Å². The van der Waals surface area contributed by atoms with Gasteiger partial charge in [-0.3, -0.25) is 0 Å². The van der Waals surface area contributed by atoms with Crippen LogP contribution in [0.2, 0.25) is 0 Å². The topological polar surface area (TPSA) is 59.4 Å². The molecule has 21 heavy (non-hydrogen) atoms. The first kappa shape index (κ1) is 15.8. The zero-order chi connectivity index (χ0) is 15.4. The number of carboxylic acid groups (broad SMARTS) is 1. The van der Waals surface area contributed by atoms with E-state index in [4.69, 9.17) is 4.74 Å². The van der Waals surface area contributed by atoms with Crippen molar-refractivity contribution < 1.29 is 14.6 Å². The predicted molar refractivity (Wildman–Crippen MR) is 82.0 cm³/mol. The van der Waals surface area contributed by atoms with Crippen molar-refractivity contribution in [2.75, 3.05) is 0 Å². The zero-order valence-electron chi connectivity index (χ0n) is 13.1. The normalized spacial score (nSPS) is 22.3. The molecular weight excluding hydrogens is 266 g/mol. The van der Waals surface area contributed by atoms with Crippen LogP contribution in [0.4, 0.5) is 0 Å². The Morgan fingerprint density at radius 3 is 2.71 bits per heavy atom. The van der Waals surface area contributed by atoms with Gasteiger partial charge in [0.05, 0.1) is 5.56 Å². The molecule has 1 heterocycles. The van der Waals surface area contributed by atoms with Crippen LogP contribution in [0.25, 0.3) is 0 Å². The van der Waals surface area contributed by atoms with Crippen LogP contribution in [0.15, 0.2) is 12.1 Å². The van der Waals surface area contributed by atoms with Gasteiger partial charge < -0.3 is 9.84 Å². The van der Waals surface area contributed by atoms with E-state index in [-0.39, 0.29) is 17.6 Å². The van der Waals surface area contributed by atoms with E-state index in [1.54, 1.807) is 12.1 Å². The number of carboxylic acids is 1. The van der Waals surface area contributed by atoms with Crippen molar-refractivity contribution >= 4 is 5.97 Å². The summed E-state index contributed by atoms with van der Waals surface area (Å²) in [7, 11) is 0. The Morgan fingerprint density at radius 2 is 2.10 bits per heavy atom. The number of ether oxygens (including phenoxy) is 1. The molecule has 4 heteroatoms. The third kappa shape index (κ3) is 3.96. The van der Waals surface area contributed by atoms with Gasteiger partial charge in [-0.15, -0.1) is 0 Å². The monoisotopic (exact) mass is 291 g/mol. The largest absolute Gasteiger partial charge is 0.478 e. The smallest absolute Gasteiger partial charge is 0.335 e. The van der Waals surface area contributed by atoms with Crippen LogP contribution in [0.5, 0.6) is 5.88 Å². The summed E-state index contributed by atoms with van der Waals surface area (Å²) in [5, 5.41) is 9.24. The molecule has 1 N–H and O–H groups in total. The van der Waals surface area contributed by atoms with Crippen LogP contribution >= 0.6 is 0 Å². The van der Waals surface area contributed by atoms with Gasteiger partial charge in [0.1, 0.15) is 6.10 Å². The average molecular weight is 291 g/mol. The molecular formula is C17H25NO3. The maximum absolute atomic E-state index is 11.3. The molecule has 2 atom stereocenters. The van der Waals surface area contributed by atoms with Crippen LogP contribution in [-0.2, 0) is 0 Å². The van der Waals surface area contributed by atoms with Gasteiger partial charge in [0.2, 0.25) is 5.88 Å². The molecule has 0 saturated heterocycles. The van der Waals surface area contributed by atoms with Crippen LogP contribution in [0, 0.1) is 5.92 Å². The molecule has 0 bridgehead atoms. The minimum atomic E-state index is -0.931. The maximum atomic E-state index is 11.3. The lowest BCUT2D eigenvalue weighted by atomic mass is 9.85. The van der Waals surface area contributed by atoms with Gasteiger partial charge in [0.25, 0.3) is 0 Å². The molecule has 1 saturated carbocycles. The Bertz CT molecular complexity index is 499. The summed E-state index contributed by atoms with van der Waals surface area (Å²) in [5.41, 5.74) is 1.03. The van der Waals surface area contributed by atoms with Gasteiger partial charge in [-0.2, -0.15) is 0 Å². The van der Waals surface area contributed by atoms with Crippen molar-refractivity contribution in [3.05, 3.63) is 23.4 Å². The summed E-state index contributed by atoms with van der Waals surface area (Å²) < 4.78 is 6.07. The molecule has 1 aliphatic rings. The summed E-state index contributed by atoms with van der Waals surface area (Å²) in [6, 6.07) is 3.19. The van der Waals surface area contributed by atoms with E-state index >= 15 is 0 Å². The van der Waals surface area contributed by atoms with Gasteiger partial charge >= 0.3 is 5.97 Å². The van der Waals surface area contributed by atoms with Crippen molar-refractivity contribution in [3.8, 4) is 5.88 Å². The van der Waals surface area contributed by atoms with Crippen molar-refractivity contribution in [1.29, 1.82) is 0 Å². The molecule has 0 aliphatic heterocycles. The minimum absolute atomic E-state index is 0.167.